The number of hydrogen-bond donors (Lipinski definition) is 1. The largest absolute Gasteiger partial charge is 0.311 e. The SMILES string of the molecule is CC1(C)NCCC1c1cn2ccccc2n1. The Hall–Kier alpha value is -1.35. The fraction of sp³-hybridized carbons (Fsp3) is 0.462. The van der Waals surface area contributed by atoms with Gasteiger partial charge in [0.05, 0.1) is 5.69 Å². The lowest BCUT2D eigenvalue weighted by molar-refractivity contribution is 0.406. The van der Waals surface area contributed by atoms with E-state index in [1.54, 1.807) is 0 Å². The number of nitrogens with zero attached hydrogens (tertiary/aromatic N) is 2. The Kier molecular flexibility index (Phi) is 2.04. The van der Waals surface area contributed by atoms with Gasteiger partial charge in [0.25, 0.3) is 0 Å². The first kappa shape index (κ1) is 9.85. The molecule has 2 aromatic heterocycles. The molecular weight excluding hydrogens is 198 g/mol. The second kappa shape index (κ2) is 3.32. The van der Waals surface area contributed by atoms with Gasteiger partial charge in [-0.15, -0.1) is 0 Å². The number of imidazole rings is 1. The molecule has 0 amide bonds. The molecule has 1 atom stereocenters. The molecule has 3 rings (SSSR count). The van der Waals surface area contributed by atoms with E-state index in [0.717, 1.165) is 12.2 Å². The first-order chi connectivity index (χ1) is 7.67. The molecule has 84 valence electrons. The number of rotatable bonds is 1. The van der Waals surface area contributed by atoms with Crippen molar-refractivity contribution < 1.29 is 0 Å². The predicted octanol–water partition coefficient (Wildman–Crippen LogP) is 2.19. The maximum absolute atomic E-state index is 4.71. The molecule has 0 aliphatic carbocycles. The number of pyridine rings is 1. The average Bonchev–Trinajstić information content (AvgIpc) is 2.79. The number of aromatic nitrogens is 2. The molecule has 1 saturated heterocycles. The van der Waals surface area contributed by atoms with Crippen LogP contribution in [0.3, 0.4) is 0 Å². The van der Waals surface area contributed by atoms with Crippen molar-refractivity contribution in [2.24, 2.45) is 0 Å². The normalized spacial score (nSPS) is 24.0. The number of hydrogen-bond acceptors (Lipinski definition) is 2. The van der Waals surface area contributed by atoms with E-state index in [2.05, 4.69) is 42.0 Å². The van der Waals surface area contributed by atoms with Gasteiger partial charge in [0, 0.05) is 23.9 Å². The fourth-order valence-corrected chi connectivity index (χ4v) is 2.66. The van der Waals surface area contributed by atoms with Crippen LogP contribution >= 0.6 is 0 Å². The van der Waals surface area contributed by atoms with Crippen molar-refractivity contribution in [1.29, 1.82) is 0 Å². The highest BCUT2D eigenvalue weighted by atomic mass is 15.0. The van der Waals surface area contributed by atoms with Crippen molar-refractivity contribution in [3.63, 3.8) is 0 Å². The highest BCUT2D eigenvalue weighted by molar-refractivity contribution is 5.40. The van der Waals surface area contributed by atoms with Crippen molar-refractivity contribution >= 4 is 5.65 Å². The van der Waals surface area contributed by atoms with Gasteiger partial charge in [-0.05, 0) is 38.9 Å². The maximum atomic E-state index is 4.71. The summed E-state index contributed by atoms with van der Waals surface area (Å²) in [5, 5.41) is 3.54. The van der Waals surface area contributed by atoms with Crippen LogP contribution in [0.1, 0.15) is 31.9 Å². The van der Waals surface area contributed by atoms with E-state index < -0.39 is 0 Å². The Morgan fingerprint density at radius 1 is 1.44 bits per heavy atom. The van der Waals surface area contributed by atoms with Crippen LogP contribution in [0.4, 0.5) is 0 Å². The molecule has 0 radical (unpaired) electrons. The van der Waals surface area contributed by atoms with Gasteiger partial charge in [0.2, 0.25) is 0 Å². The second-order valence-electron chi connectivity index (χ2n) is 5.12. The zero-order valence-electron chi connectivity index (χ0n) is 9.77. The smallest absolute Gasteiger partial charge is 0.136 e. The third-order valence-corrected chi connectivity index (χ3v) is 3.62. The van der Waals surface area contributed by atoms with Crippen LogP contribution in [0, 0.1) is 0 Å². The van der Waals surface area contributed by atoms with Crippen molar-refractivity contribution in [3.8, 4) is 0 Å². The molecule has 16 heavy (non-hydrogen) atoms. The lowest BCUT2D eigenvalue weighted by atomic mass is 9.87. The minimum absolute atomic E-state index is 0.165. The van der Waals surface area contributed by atoms with Crippen LogP contribution in [0.5, 0.6) is 0 Å². The third kappa shape index (κ3) is 1.43. The minimum Gasteiger partial charge on any atom is -0.311 e. The predicted molar refractivity (Wildman–Crippen MR) is 64.6 cm³/mol. The molecule has 1 unspecified atom stereocenters. The van der Waals surface area contributed by atoms with Gasteiger partial charge in [0.1, 0.15) is 5.65 Å². The Bertz CT molecular complexity index is 480. The van der Waals surface area contributed by atoms with E-state index in [1.807, 2.05) is 12.1 Å². The summed E-state index contributed by atoms with van der Waals surface area (Å²) in [4.78, 5) is 4.71. The van der Waals surface area contributed by atoms with E-state index >= 15 is 0 Å². The summed E-state index contributed by atoms with van der Waals surface area (Å²) >= 11 is 0. The van der Waals surface area contributed by atoms with Crippen molar-refractivity contribution in [2.45, 2.75) is 31.7 Å². The van der Waals surface area contributed by atoms with Gasteiger partial charge in [0.15, 0.2) is 0 Å². The topological polar surface area (TPSA) is 29.3 Å². The molecule has 1 aliphatic heterocycles. The molecule has 0 spiro atoms. The molecule has 3 heteroatoms. The van der Waals surface area contributed by atoms with Crippen LogP contribution < -0.4 is 5.32 Å². The molecule has 3 nitrogen and oxygen atoms in total. The van der Waals surface area contributed by atoms with E-state index in [4.69, 9.17) is 4.98 Å². The minimum atomic E-state index is 0.165. The zero-order chi connectivity index (χ0) is 11.2. The van der Waals surface area contributed by atoms with Gasteiger partial charge >= 0.3 is 0 Å². The first-order valence-electron chi connectivity index (χ1n) is 5.85. The Morgan fingerprint density at radius 2 is 2.31 bits per heavy atom. The summed E-state index contributed by atoms with van der Waals surface area (Å²) < 4.78 is 2.10. The molecular formula is C13H17N3. The van der Waals surface area contributed by atoms with Crippen LogP contribution in [-0.4, -0.2) is 21.5 Å². The van der Waals surface area contributed by atoms with E-state index in [-0.39, 0.29) is 5.54 Å². The lowest BCUT2D eigenvalue weighted by Gasteiger charge is -2.25. The van der Waals surface area contributed by atoms with Gasteiger partial charge in [-0.25, -0.2) is 4.98 Å². The van der Waals surface area contributed by atoms with Gasteiger partial charge in [-0.1, -0.05) is 6.07 Å². The zero-order valence-corrected chi connectivity index (χ0v) is 9.77. The van der Waals surface area contributed by atoms with E-state index in [0.29, 0.717) is 5.92 Å². The van der Waals surface area contributed by atoms with Gasteiger partial charge in [-0.2, -0.15) is 0 Å². The van der Waals surface area contributed by atoms with Crippen LogP contribution in [0.15, 0.2) is 30.6 Å². The highest BCUT2D eigenvalue weighted by Gasteiger charge is 2.36. The van der Waals surface area contributed by atoms with Crippen LogP contribution in [-0.2, 0) is 0 Å². The quantitative estimate of drug-likeness (QED) is 0.790. The Morgan fingerprint density at radius 3 is 3.00 bits per heavy atom. The maximum Gasteiger partial charge on any atom is 0.136 e. The Labute approximate surface area is 95.5 Å². The van der Waals surface area contributed by atoms with Gasteiger partial charge in [-0.3, -0.25) is 0 Å². The highest BCUT2D eigenvalue weighted by Crippen LogP contribution is 2.34. The van der Waals surface area contributed by atoms with Crippen LogP contribution in [0.2, 0.25) is 0 Å². The third-order valence-electron chi connectivity index (χ3n) is 3.62. The number of nitrogens with one attached hydrogen (secondary N) is 1. The summed E-state index contributed by atoms with van der Waals surface area (Å²) in [6.45, 7) is 5.61. The lowest BCUT2D eigenvalue weighted by Crippen LogP contribution is -2.36. The summed E-state index contributed by atoms with van der Waals surface area (Å²) in [6.07, 6.45) is 5.40. The van der Waals surface area contributed by atoms with Crippen molar-refractivity contribution in [2.75, 3.05) is 6.54 Å². The van der Waals surface area contributed by atoms with E-state index in [1.165, 1.54) is 12.1 Å². The number of fused-ring (bicyclic) bond motifs is 1. The van der Waals surface area contributed by atoms with E-state index in [9.17, 15) is 0 Å². The molecule has 0 bridgehead atoms. The fourth-order valence-electron chi connectivity index (χ4n) is 2.66. The van der Waals surface area contributed by atoms with Crippen LogP contribution in [0.25, 0.3) is 5.65 Å². The first-order valence-corrected chi connectivity index (χ1v) is 5.85. The molecule has 1 fully saturated rings. The second-order valence-corrected chi connectivity index (χ2v) is 5.12. The summed E-state index contributed by atoms with van der Waals surface area (Å²) in [5.41, 5.74) is 2.42. The summed E-state index contributed by atoms with van der Waals surface area (Å²) in [5.74, 6) is 0.521. The molecule has 1 aliphatic rings. The van der Waals surface area contributed by atoms with Gasteiger partial charge < -0.3 is 9.72 Å². The van der Waals surface area contributed by atoms with Crippen molar-refractivity contribution in [1.82, 2.24) is 14.7 Å². The molecule has 0 saturated carbocycles. The Balaban J connectivity index is 2.06. The molecule has 2 aromatic rings. The summed E-state index contributed by atoms with van der Waals surface area (Å²) in [7, 11) is 0. The molecule has 3 heterocycles. The summed E-state index contributed by atoms with van der Waals surface area (Å²) in [6, 6.07) is 6.12. The molecule has 1 N–H and O–H groups in total. The molecule has 0 aromatic carbocycles. The standard InChI is InChI=1S/C13H17N3/c1-13(2)10(6-7-14-13)11-9-16-8-4-3-5-12(16)15-11/h3-5,8-10,14H,6-7H2,1-2H3. The van der Waals surface area contributed by atoms with Crippen molar-refractivity contribution in [3.05, 3.63) is 36.3 Å². The average molecular weight is 215 g/mol. The monoisotopic (exact) mass is 215 g/mol.